The highest BCUT2D eigenvalue weighted by Crippen LogP contribution is 2.31. The van der Waals surface area contributed by atoms with E-state index in [1.165, 1.54) is 17.0 Å². The van der Waals surface area contributed by atoms with Crippen LogP contribution in [0.5, 0.6) is 0 Å². The van der Waals surface area contributed by atoms with Gasteiger partial charge in [0, 0.05) is 61.1 Å². The van der Waals surface area contributed by atoms with E-state index < -0.39 is 9.84 Å². The number of para-hydroxylation sites is 3. The molecule has 0 spiro atoms. The fraction of sp³-hybridized carbons (Fsp3) is 0.280. The highest BCUT2D eigenvalue weighted by Gasteiger charge is 2.29. The first-order valence-corrected chi connectivity index (χ1v) is 13.4. The lowest BCUT2D eigenvalue weighted by atomic mass is 10.0. The Hall–Kier alpha value is -3.99. The molecule has 1 fully saturated rings. The van der Waals surface area contributed by atoms with Crippen LogP contribution in [-0.4, -0.2) is 70.7 Å². The molecule has 1 amide bonds. The van der Waals surface area contributed by atoms with Crippen molar-refractivity contribution >= 4 is 32.5 Å². The summed E-state index contributed by atoms with van der Waals surface area (Å²) in [4.78, 5) is 40.5. The second-order valence-electron chi connectivity index (χ2n) is 8.96. The number of hydrogen-bond acceptors (Lipinski definition) is 7. The van der Waals surface area contributed by atoms with E-state index in [-0.39, 0.29) is 29.3 Å². The average molecular weight is 507 g/mol. The van der Waals surface area contributed by atoms with E-state index in [2.05, 4.69) is 19.9 Å². The predicted octanol–water partition coefficient (Wildman–Crippen LogP) is 1.93. The normalized spacial score (nSPS) is 16.4. The van der Waals surface area contributed by atoms with E-state index >= 15 is 0 Å². The van der Waals surface area contributed by atoms with Gasteiger partial charge in [0.25, 0.3) is 0 Å². The number of H-pyrrole nitrogens is 1. The van der Waals surface area contributed by atoms with Crippen molar-refractivity contribution in [3.63, 3.8) is 0 Å². The summed E-state index contributed by atoms with van der Waals surface area (Å²) in [6, 6.07) is 15.0. The molecule has 0 bridgehead atoms. The summed E-state index contributed by atoms with van der Waals surface area (Å²) in [5.41, 5.74) is 3.67. The summed E-state index contributed by atoms with van der Waals surface area (Å²) < 4.78 is 24.9. The number of carbonyl (C=O) groups excluding carboxylic acids is 1. The van der Waals surface area contributed by atoms with E-state index in [1.54, 1.807) is 0 Å². The van der Waals surface area contributed by atoms with Crippen LogP contribution in [-0.2, 0) is 21.2 Å². The zero-order valence-corrected chi connectivity index (χ0v) is 20.8. The molecule has 1 N–H and O–H groups in total. The van der Waals surface area contributed by atoms with E-state index in [0.717, 1.165) is 17.5 Å². The minimum atomic E-state index is -3.48. The number of aromatic amines is 1. The largest absolute Gasteiger partial charge is 0.367 e. The van der Waals surface area contributed by atoms with Crippen LogP contribution in [0, 0.1) is 0 Å². The Labute approximate surface area is 208 Å². The van der Waals surface area contributed by atoms with Crippen molar-refractivity contribution in [1.29, 1.82) is 0 Å². The van der Waals surface area contributed by atoms with Gasteiger partial charge in [-0.15, -0.1) is 0 Å². The molecule has 2 aromatic heterocycles. The molecule has 0 radical (unpaired) electrons. The molecule has 1 atom stereocenters. The molecule has 1 unspecified atom stereocenters. The second-order valence-corrected chi connectivity index (χ2v) is 10.9. The van der Waals surface area contributed by atoms with Crippen LogP contribution in [0.1, 0.15) is 6.92 Å². The zero-order chi connectivity index (χ0) is 25.4. The lowest BCUT2D eigenvalue weighted by Gasteiger charge is -2.41. The van der Waals surface area contributed by atoms with Crippen LogP contribution in [0.25, 0.3) is 22.2 Å². The van der Waals surface area contributed by atoms with Gasteiger partial charge in [0.05, 0.1) is 11.0 Å². The highest BCUT2D eigenvalue weighted by atomic mass is 32.2. The van der Waals surface area contributed by atoms with Crippen molar-refractivity contribution in [2.24, 2.45) is 0 Å². The number of rotatable bonds is 5. The number of nitrogens with one attached hydrogen (secondary N) is 1. The molecule has 11 heteroatoms. The Kier molecular flexibility index (Phi) is 6.09. The third kappa shape index (κ3) is 4.49. The van der Waals surface area contributed by atoms with Gasteiger partial charge in [-0.25, -0.2) is 23.2 Å². The molecule has 0 aliphatic carbocycles. The van der Waals surface area contributed by atoms with Crippen molar-refractivity contribution < 1.29 is 13.2 Å². The van der Waals surface area contributed by atoms with E-state index in [0.29, 0.717) is 36.2 Å². The molecule has 2 aromatic carbocycles. The summed E-state index contributed by atoms with van der Waals surface area (Å²) in [6.45, 7) is 3.70. The van der Waals surface area contributed by atoms with Gasteiger partial charge in [0.2, 0.25) is 20.9 Å². The molecule has 1 aliphatic heterocycles. The van der Waals surface area contributed by atoms with Crippen LogP contribution in [0.3, 0.4) is 0 Å². The van der Waals surface area contributed by atoms with Gasteiger partial charge < -0.3 is 14.8 Å². The van der Waals surface area contributed by atoms with Crippen LogP contribution in [0.15, 0.2) is 70.9 Å². The number of hydrogen-bond donors (Lipinski definition) is 1. The lowest BCUT2D eigenvalue weighted by molar-refractivity contribution is -0.134. The van der Waals surface area contributed by atoms with Crippen LogP contribution >= 0.6 is 0 Å². The van der Waals surface area contributed by atoms with Gasteiger partial charge in [-0.2, -0.15) is 0 Å². The molecule has 5 rings (SSSR count). The number of imidazole rings is 1. The molecule has 36 heavy (non-hydrogen) atoms. The first-order valence-electron chi connectivity index (χ1n) is 11.6. The number of piperazine rings is 1. The lowest BCUT2D eigenvalue weighted by Crippen LogP contribution is -2.55. The number of benzene rings is 2. The fourth-order valence-electron chi connectivity index (χ4n) is 4.68. The molecule has 4 aromatic rings. The Balaban J connectivity index is 1.34. The third-order valence-electron chi connectivity index (χ3n) is 6.44. The molecule has 0 saturated carbocycles. The standard InChI is InChI=1S/C25H26N6O4S/c1-17-15-29(21-9-5-3-7-19(21)18-13-26-24(27-14-18)36(2,34)35)11-12-30(17)23(32)16-31-22-10-6-4-8-20(22)28-25(31)33/h3-10,13-14,17H,11-12,15-16H2,1-2H3,(H,28,33). The maximum Gasteiger partial charge on any atom is 0.326 e. The quantitative estimate of drug-likeness (QED) is 0.411. The summed E-state index contributed by atoms with van der Waals surface area (Å²) in [7, 11) is -3.48. The third-order valence-corrected chi connectivity index (χ3v) is 7.31. The first-order chi connectivity index (χ1) is 17.2. The van der Waals surface area contributed by atoms with Gasteiger partial charge in [-0.05, 0) is 25.1 Å². The van der Waals surface area contributed by atoms with Crippen molar-refractivity contribution in [3.8, 4) is 11.1 Å². The Morgan fingerprint density at radius 2 is 1.75 bits per heavy atom. The van der Waals surface area contributed by atoms with E-state index in [1.807, 2.05) is 60.4 Å². The molecule has 1 aliphatic rings. The maximum atomic E-state index is 13.2. The average Bonchev–Trinajstić information content (AvgIpc) is 3.18. The fourth-order valence-corrected chi connectivity index (χ4v) is 5.17. The van der Waals surface area contributed by atoms with Crippen LogP contribution < -0.4 is 10.6 Å². The molecule has 186 valence electrons. The summed E-state index contributed by atoms with van der Waals surface area (Å²) >= 11 is 0. The second kappa shape index (κ2) is 9.23. The topological polar surface area (TPSA) is 121 Å². The minimum absolute atomic E-state index is 0.0200. The SMILES string of the molecule is CC1CN(c2ccccc2-c2cnc(S(C)(=O)=O)nc2)CCN1C(=O)Cn1c(=O)[nH]c2ccccc21. The number of anilines is 1. The summed E-state index contributed by atoms with van der Waals surface area (Å²) in [6.07, 6.45) is 4.11. The van der Waals surface area contributed by atoms with Gasteiger partial charge in [-0.3, -0.25) is 9.36 Å². The number of fused-ring (bicyclic) bond motifs is 1. The smallest absolute Gasteiger partial charge is 0.326 e. The van der Waals surface area contributed by atoms with Gasteiger partial charge in [0.1, 0.15) is 6.54 Å². The van der Waals surface area contributed by atoms with Crippen LogP contribution in [0.2, 0.25) is 0 Å². The highest BCUT2D eigenvalue weighted by molar-refractivity contribution is 7.90. The van der Waals surface area contributed by atoms with Gasteiger partial charge in [0.15, 0.2) is 0 Å². The van der Waals surface area contributed by atoms with Crippen molar-refractivity contribution in [3.05, 3.63) is 71.4 Å². The molecular formula is C25H26N6O4S. The molecule has 1 saturated heterocycles. The Morgan fingerprint density at radius 3 is 2.47 bits per heavy atom. The van der Waals surface area contributed by atoms with Crippen molar-refractivity contribution in [2.75, 3.05) is 30.8 Å². The number of carbonyl (C=O) groups is 1. The summed E-state index contributed by atoms with van der Waals surface area (Å²) in [5, 5.41) is -0.209. The minimum Gasteiger partial charge on any atom is -0.367 e. The van der Waals surface area contributed by atoms with E-state index in [4.69, 9.17) is 0 Å². The van der Waals surface area contributed by atoms with Crippen molar-refractivity contribution in [1.82, 2.24) is 24.4 Å². The number of sulfone groups is 1. The maximum absolute atomic E-state index is 13.2. The number of amides is 1. The Morgan fingerprint density at radius 1 is 1.06 bits per heavy atom. The molecule has 3 heterocycles. The van der Waals surface area contributed by atoms with Gasteiger partial charge in [-0.1, -0.05) is 30.3 Å². The predicted molar refractivity (Wildman–Crippen MR) is 137 cm³/mol. The Bertz CT molecular complexity index is 1590. The molecular weight excluding hydrogens is 480 g/mol. The zero-order valence-electron chi connectivity index (χ0n) is 20.0. The number of aromatic nitrogens is 4. The summed E-state index contributed by atoms with van der Waals surface area (Å²) in [5.74, 6) is -0.105. The van der Waals surface area contributed by atoms with E-state index in [9.17, 15) is 18.0 Å². The van der Waals surface area contributed by atoms with Crippen molar-refractivity contribution in [2.45, 2.75) is 24.7 Å². The first kappa shape index (κ1) is 23.7. The van der Waals surface area contributed by atoms with Crippen LogP contribution in [0.4, 0.5) is 5.69 Å². The molecule has 10 nitrogen and oxygen atoms in total. The monoisotopic (exact) mass is 506 g/mol. The van der Waals surface area contributed by atoms with Gasteiger partial charge >= 0.3 is 5.69 Å². The number of nitrogens with zero attached hydrogens (tertiary/aromatic N) is 5.